The normalized spacial score (nSPS) is 15.0. The first-order valence-electron chi connectivity index (χ1n) is 8.43. The van der Waals surface area contributed by atoms with E-state index in [1.807, 2.05) is 13.1 Å². The second kappa shape index (κ2) is 5.80. The lowest BCUT2D eigenvalue weighted by Crippen LogP contribution is -2.19. The molecule has 0 saturated heterocycles. The van der Waals surface area contributed by atoms with Gasteiger partial charge < -0.3 is 9.72 Å². The fourth-order valence-electron chi connectivity index (χ4n) is 3.52. The van der Waals surface area contributed by atoms with E-state index < -0.39 is 0 Å². The topological polar surface area (TPSA) is 101 Å². The number of hydrogen-bond donors (Lipinski definition) is 2. The van der Waals surface area contributed by atoms with Gasteiger partial charge in [0.1, 0.15) is 16.5 Å². The molecule has 0 amide bonds. The molecule has 0 fully saturated rings. The summed E-state index contributed by atoms with van der Waals surface area (Å²) in [7, 11) is 0. The van der Waals surface area contributed by atoms with E-state index in [1.54, 1.807) is 23.4 Å². The van der Waals surface area contributed by atoms with Crippen LogP contribution in [0.1, 0.15) is 30.6 Å². The quantitative estimate of drug-likeness (QED) is 0.578. The van der Waals surface area contributed by atoms with Crippen LogP contribution < -0.4 is 10.3 Å². The van der Waals surface area contributed by atoms with Crippen LogP contribution in [0.2, 0.25) is 0 Å². The van der Waals surface area contributed by atoms with Gasteiger partial charge in [0.25, 0.3) is 5.56 Å². The summed E-state index contributed by atoms with van der Waals surface area (Å²) in [6.07, 6.45) is 8.57. The highest BCUT2D eigenvalue weighted by Gasteiger charge is 2.27. The van der Waals surface area contributed by atoms with Gasteiger partial charge in [-0.15, -0.1) is 11.3 Å². The summed E-state index contributed by atoms with van der Waals surface area (Å²) in [6, 6.07) is -0.166. The third-order valence-electron chi connectivity index (χ3n) is 4.72. The molecule has 0 aromatic carbocycles. The number of thiophene rings is 1. The van der Waals surface area contributed by atoms with Crippen LogP contribution in [0.5, 0.6) is 5.75 Å². The highest BCUT2D eigenvalue weighted by atomic mass is 32.1. The van der Waals surface area contributed by atoms with E-state index in [1.165, 1.54) is 11.3 Å². The summed E-state index contributed by atoms with van der Waals surface area (Å²) in [5.74, 6) is 0.784. The van der Waals surface area contributed by atoms with Gasteiger partial charge in [-0.1, -0.05) is 0 Å². The van der Waals surface area contributed by atoms with E-state index in [-0.39, 0.29) is 11.6 Å². The summed E-state index contributed by atoms with van der Waals surface area (Å²) < 4.78 is 6.77. The van der Waals surface area contributed by atoms with Crippen molar-refractivity contribution in [3.63, 3.8) is 0 Å². The SMILES string of the molecule is CC(c1[nH]c(=O)c2sc(-c3cn[nH]c3)c3c2c1CCCO3)n1nccn1. The minimum absolute atomic E-state index is 0.107. The lowest BCUT2D eigenvalue weighted by Gasteiger charge is -2.15. The smallest absolute Gasteiger partial charge is 0.266 e. The van der Waals surface area contributed by atoms with Crippen molar-refractivity contribution in [2.45, 2.75) is 25.8 Å². The van der Waals surface area contributed by atoms with Gasteiger partial charge in [-0.3, -0.25) is 9.89 Å². The van der Waals surface area contributed by atoms with Crippen LogP contribution in [0.3, 0.4) is 0 Å². The Morgan fingerprint density at radius 1 is 1.35 bits per heavy atom. The molecule has 5 heterocycles. The maximum atomic E-state index is 12.8. The molecule has 2 N–H and O–H groups in total. The Labute approximate surface area is 151 Å². The van der Waals surface area contributed by atoms with Gasteiger partial charge in [0.15, 0.2) is 0 Å². The third-order valence-corrected chi connectivity index (χ3v) is 5.94. The molecular formula is C17H16N6O2S. The van der Waals surface area contributed by atoms with Crippen LogP contribution in [-0.4, -0.2) is 36.8 Å². The minimum atomic E-state index is -0.166. The molecule has 5 rings (SSSR count). The van der Waals surface area contributed by atoms with Crippen molar-refractivity contribution in [3.05, 3.63) is 46.4 Å². The molecule has 1 aliphatic rings. The molecule has 9 heteroatoms. The van der Waals surface area contributed by atoms with E-state index in [0.717, 1.165) is 45.7 Å². The number of pyridine rings is 1. The number of aryl methyl sites for hydroxylation is 1. The highest BCUT2D eigenvalue weighted by molar-refractivity contribution is 7.22. The Morgan fingerprint density at radius 2 is 2.19 bits per heavy atom. The van der Waals surface area contributed by atoms with E-state index in [9.17, 15) is 4.79 Å². The molecule has 1 unspecified atom stereocenters. The number of rotatable bonds is 3. The predicted octanol–water partition coefficient (Wildman–Crippen LogP) is 2.51. The standard InChI is InChI=1S/C17H16N6O2S/c1-9(23-20-4-5-21-23)13-11-3-2-6-25-14-12(11)16(17(24)22-13)26-15(14)10-7-18-19-8-10/h4-5,7-9H,2-3,6H2,1H3,(H,18,19)(H,22,24). The molecule has 132 valence electrons. The average molecular weight is 368 g/mol. The van der Waals surface area contributed by atoms with Crippen molar-refractivity contribution in [1.29, 1.82) is 0 Å². The molecule has 1 atom stereocenters. The van der Waals surface area contributed by atoms with E-state index in [2.05, 4.69) is 25.4 Å². The molecule has 4 aromatic rings. The summed E-state index contributed by atoms with van der Waals surface area (Å²) in [6.45, 7) is 2.61. The van der Waals surface area contributed by atoms with Gasteiger partial charge in [0.2, 0.25) is 0 Å². The average Bonchev–Trinajstić information content (AvgIpc) is 3.37. The summed E-state index contributed by atoms with van der Waals surface area (Å²) >= 11 is 1.45. The Morgan fingerprint density at radius 3 is 2.96 bits per heavy atom. The predicted molar refractivity (Wildman–Crippen MR) is 97.7 cm³/mol. The summed E-state index contributed by atoms with van der Waals surface area (Å²) in [5.41, 5.74) is 2.78. The second-order valence-corrected chi connectivity index (χ2v) is 7.30. The molecule has 0 saturated carbocycles. The molecule has 0 spiro atoms. The Balaban J connectivity index is 1.82. The van der Waals surface area contributed by atoms with Crippen molar-refractivity contribution in [2.24, 2.45) is 0 Å². The van der Waals surface area contributed by atoms with E-state index in [0.29, 0.717) is 11.3 Å². The fraction of sp³-hybridized carbons (Fsp3) is 0.294. The number of H-pyrrole nitrogens is 2. The molecule has 8 nitrogen and oxygen atoms in total. The van der Waals surface area contributed by atoms with Crippen LogP contribution in [-0.2, 0) is 6.42 Å². The lowest BCUT2D eigenvalue weighted by atomic mass is 10.00. The van der Waals surface area contributed by atoms with Crippen LogP contribution in [0, 0.1) is 0 Å². The molecule has 0 bridgehead atoms. The lowest BCUT2D eigenvalue weighted by molar-refractivity contribution is 0.321. The zero-order valence-corrected chi connectivity index (χ0v) is 14.8. The third kappa shape index (κ3) is 2.20. The Hall–Kier alpha value is -2.94. The molecule has 0 aliphatic carbocycles. The van der Waals surface area contributed by atoms with Crippen molar-refractivity contribution in [2.75, 3.05) is 6.61 Å². The largest absolute Gasteiger partial charge is 0.491 e. The number of nitrogens with one attached hydrogen (secondary N) is 2. The van der Waals surface area contributed by atoms with Crippen molar-refractivity contribution < 1.29 is 4.74 Å². The molecule has 1 aliphatic heterocycles. The second-order valence-electron chi connectivity index (χ2n) is 6.28. The first kappa shape index (κ1) is 15.3. The van der Waals surface area contributed by atoms with Crippen molar-refractivity contribution >= 4 is 21.4 Å². The zero-order chi connectivity index (χ0) is 17.7. The number of hydrogen-bond acceptors (Lipinski definition) is 6. The zero-order valence-electron chi connectivity index (χ0n) is 14.0. The van der Waals surface area contributed by atoms with Gasteiger partial charge >= 0.3 is 0 Å². The van der Waals surface area contributed by atoms with Crippen LogP contribution in [0.4, 0.5) is 0 Å². The number of nitrogens with zero attached hydrogens (tertiary/aromatic N) is 4. The van der Waals surface area contributed by atoms with Crippen molar-refractivity contribution in [3.8, 4) is 16.2 Å². The maximum absolute atomic E-state index is 12.8. The first-order valence-corrected chi connectivity index (χ1v) is 9.25. The van der Waals surface area contributed by atoms with Gasteiger partial charge in [-0.25, -0.2) is 0 Å². The van der Waals surface area contributed by atoms with E-state index >= 15 is 0 Å². The van der Waals surface area contributed by atoms with Crippen LogP contribution in [0.25, 0.3) is 20.5 Å². The fourth-order valence-corrected chi connectivity index (χ4v) is 4.67. The number of ether oxygens (including phenoxy) is 1. The van der Waals surface area contributed by atoms with Gasteiger partial charge in [0.05, 0.1) is 30.1 Å². The van der Waals surface area contributed by atoms with Crippen molar-refractivity contribution in [1.82, 2.24) is 30.2 Å². The highest BCUT2D eigenvalue weighted by Crippen LogP contribution is 2.46. The number of aromatic nitrogens is 6. The van der Waals surface area contributed by atoms with Crippen LogP contribution in [0.15, 0.2) is 29.6 Å². The Kier molecular flexibility index (Phi) is 3.42. The number of aromatic amines is 2. The van der Waals surface area contributed by atoms with Gasteiger partial charge in [0, 0.05) is 22.8 Å². The van der Waals surface area contributed by atoms with Gasteiger partial charge in [-0.2, -0.15) is 20.1 Å². The van der Waals surface area contributed by atoms with Gasteiger partial charge in [-0.05, 0) is 25.3 Å². The summed E-state index contributed by atoms with van der Waals surface area (Å²) in [4.78, 5) is 18.5. The maximum Gasteiger partial charge on any atom is 0.266 e. The summed E-state index contributed by atoms with van der Waals surface area (Å²) in [5, 5.41) is 16.2. The molecule has 0 radical (unpaired) electrons. The molecule has 26 heavy (non-hydrogen) atoms. The van der Waals surface area contributed by atoms with E-state index in [4.69, 9.17) is 4.74 Å². The minimum Gasteiger partial charge on any atom is -0.491 e. The monoisotopic (exact) mass is 368 g/mol. The molecule has 4 aromatic heterocycles. The Bertz CT molecular complexity index is 1130. The first-order chi connectivity index (χ1) is 12.7. The van der Waals surface area contributed by atoms with Crippen LogP contribution >= 0.6 is 11.3 Å². The molecular weight excluding hydrogens is 352 g/mol.